The van der Waals surface area contributed by atoms with Crippen molar-refractivity contribution in [2.45, 2.75) is 32.7 Å². The third-order valence-corrected chi connectivity index (χ3v) is 3.17. The highest BCUT2D eigenvalue weighted by Gasteiger charge is 2.06. The maximum atomic E-state index is 5.84. The second-order valence-electron chi connectivity index (χ2n) is 5.20. The molecule has 0 radical (unpaired) electrons. The first-order chi connectivity index (χ1) is 8.15. The van der Waals surface area contributed by atoms with E-state index in [1.165, 1.54) is 16.3 Å². The second-order valence-corrected chi connectivity index (χ2v) is 5.20. The Hall–Kier alpha value is -1.34. The van der Waals surface area contributed by atoms with Crippen LogP contribution in [-0.2, 0) is 6.42 Å². The number of benzene rings is 2. The van der Waals surface area contributed by atoms with E-state index >= 15 is 0 Å². The smallest absolute Gasteiger partial charge is 0.00131 e. The lowest BCUT2D eigenvalue weighted by Gasteiger charge is -2.14. The molecule has 1 heteroatoms. The number of rotatable bonds is 4. The van der Waals surface area contributed by atoms with Gasteiger partial charge in [0.05, 0.1) is 0 Å². The molecule has 0 aliphatic carbocycles. The highest BCUT2D eigenvalue weighted by atomic mass is 14.6. The van der Waals surface area contributed by atoms with Crippen molar-refractivity contribution >= 4 is 10.8 Å². The van der Waals surface area contributed by atoms with E-state index in [0.717, 1.165) is 12.8 Å². The normalized spacial score (nSPS) is 14.8. The van der Waals surface area contributed by atoms with E-state index in [1.807, 2.05) is 0 Å². The van der Waals surface area contributed by atoms with Crippen molar-refractivity contribution in [3.05, 3.63) is 48.0 Å². The summed E-state index contributed by atoms with van der Waals surface area (Å²) in [6.45, 7) is 4.36. The SMILES string of the molecule is C[C@@H](Cc1ccc2ccccc2c1)C[C@H](C)N. The van der Waals surface area contributed by atoms with Gasteiger partial charge in [-0.15, -0.1) is 0 Å². The highest BCUT2D eigenvalue weighted by Crippen LogP contribution is 2.19. The van der Waals surface area contributed by atoms with Crippen LogP contribution in [0.25, 0.3) is 10.8 Å². The van der Waals surface area contributed by atoms with Gasteiger partial charge >= 0.3 is 0 Å². The Morgan fingerprint density at radius 3 is 2.41 bits per heavy atom. The summed E-state index contributed by atoms with van der Waals surface area (Å²) in [6, 6.07) is 15.6. The summed E-state index contributed by atoms with van der Waals surface area (Å²) >= 11 is 0. The van der Waals surface area contributed by atoms with Gasteiger partial charge in [-0.2, -0.15) is 0 Å². The summed E-state index contributed by atoms with van der Waals surface area (Å²) in [4.78, 5) is 0. The highest BCUT2D eigenvalue weighted by molar-refractivity contribution is 5.82. The predicted molar refractivity (Wildman–Crippen MR) is 75.1 cm³/mol. The van der Waals surface area contributed by atoms with Crippen LogP contribution >= 0.6 is 0 Å². The molecule has 0 unspecified atom stereocenters. The molecule has 0 aromatic heterocycles. The van der Waals surface area contributed by atoms with Crippen LogP contribution in [0.3, 0.4) is 0 Å². The summed E-state index contributed by atoms with van der Waals surface area (Å²) in [5.41, 5.74) is 7.25. The lowest BCUT2D eigenvalue weighted by Crippen LogP contribution is -2.19. The molecule has 0 amide bonds. The Balaban J connectivity index is 2.14. The van der Waals surface area contributed by atoms with Gasteiger partial charge in [-0.1, -0.05) is 49.4 Å². The van der Waals surface area contributed by atoms with Crippen LogP contribution in [0.1, 0.15) is 25.8 Å². The van der Waals surface area contributed by atoms with Gasteiger partial charge in [0, 0.05) is 6.04 Å². The Bertz CT molecular complexity index is 488. The van der Waals surface area contributed by atoms with Crippen molar-refractivity contribution in [1.82, 2.24) is 0 Å². The minimum Gasteiger partial charge on any atom is -0.328 e. The van der Waals surface area contributed by atoms with E-state index in [1.54, 1.807) is 0 Å². The molecule has 0 aliphatic rings. The van der Waals surface area contributed by atoms with Gasteiger partial charge < -0.3 is 5.73 Å². The van der Waals surface area contributed by atoms with E-state index in [0.29, 0.717) is 12.0 Å². The minimum absolute atomic E-state index is 0.297. The Morgan fingerprint density at radius 2 is 1.71 bits per heavy atom. The third-order valence-electron chi connectivity index (χ3n) is 3.17. The molecule has 0 fully saturated rings. The fourth-order valence-corrected chi connectivity index (χ4v) is 2.49. The van der Waals surface area contributed by atoms with E-state index in [4.69, 9.17) is 5.73 Å². The zero-order valence-corrected chi connectivity index (χ0v) is 10.7. The molecular weight excluding hydrogens is 206 g/mol. The fourth-order valence-electron chi connectivity index (χ4n) is 2.49. The standard InChI is InChI=1S/C16H21N/c1-12(9-13(2)17)10-14-7-8-15-5-3-4-6-16(15)11-14/h3-8,11-13H,9-10,17H2,1-2H3/t12-,13+/m1/s1. The fraction of sp³-hybridized carbons (Fsp3) is 0.375. The maximum Gasteiger partial charge on any atom is 0.00131 e. The van der Waals surface area contributed by atoms with Crippen LogP contribution in [-0.4, -0.2) is 6.04 Å². The van der Waals surface area contributed by atoms with Crippen LogP contribution in [0.5, 0.6) is 0 Å². The summed E-state index contributed by atoms with van der Waals surface area (Å²) in [5, 5.41) is 2.65. The number of nitrogens with two attached hydrogens (primary N) is 1. The summed E-state index contributed by atoms with van der Waals surface area (Å²) in [5.74, 6) is 0.649. The van der Waals surface area contributed by atoms with Crippen molar-refractivity contribution in [2.24, 2.45) is 11.7 Å². The molecule has 90 valence electrons. The average Bonchev–Trinajstić information content (AvgIpc) is 2.27. The molecule has 0 spiro atoms. The van der Waals surface area contributed by atoms with Gasteiger partial charge in [-0.25, -0.2) is 0 Å². The van der Waals surface area contributed by atoms with E-state index in [2.05, 4.69) is 56.3 Å². The lowest BCUT2D eigenvalue weighted by atomic mass is 9.94. The predicted octanol–water partition coefficient (Wildman–Crippen LogP) is 3.76. The average molecular weight is 227 g/mol. The lowest BCUT2D eigenvalue weighted by molar-refractivity contribution is 0.480. The quantitative estimate of drug-likeness (QED) is 0.845. The molecule has 0 aliphatic heterocycles. The molecule has 2 aromatic rings. The third kappa shape index (κ3) is 3.31. The van der Waals surface area contributed by atoms with Crippen LogP contribution in [0.4, 0.5) is 0 Å². The second kappa shape index (κ2) is 5.33. The molecule has 1 nitrogen and oxygen atoms in total. The molecule has 0 heterocycles. The largest absolute Gasteiger partial charge is 0.328 e. The molecule has 0 saturated heterocycles. The molecule has 2 rings (SSSR count). The van der Waals surface area contributed by atoms with Crippen molar-refractivity contribution in [2.75, 3.05) is 0 Å². The Morgan fingerprint density at radius 1 is 1.00 bits per heavy atom. The first kappa shape index (κ1) is 12.1. The van der Waals surface area contributed by atoms with Gasteiger partial charge in [0.15, 0.2) is 0 Å². The molecule has 0 saturated carbocycles. The Labute approximate surface area is 104 Å². The van der Waals surface area contributed by atoms with Gasteiger partial charge in [-0.05, 0) is 42.0 Å². The van der Waals surface area contributed by atoms with Gasteiger partial charge in [0.25, 0.3) is 0 Å². The van der Waals surface area contributed by atoms with E-state index < -0.39 is 0 Å². The minimum atomic E-state index is 0.297. The first-order valence-electron chi connectivity index (χ1n) is 6.38. The summed E-state index contributed by atoms with van der Waals surface area (Å²) < 4.78 is 0. The van der Waals surface area contributed by atoms with E-state index in [-0.39, 0.29) is 0 Å². The molecule has 17 heavy (non-hydrogen) atoms. The van der Waals surface area contributed by atoms with Crippen molar-refractivity contribution in [3.63, 3.8) is 0 Å². The van der Waals surface area contributed by atoms with Crippen molar-refractivity contribution < 1.29 is 0 Å². The van der Waals surface area contributed by atoms with Crippen LogP contribution < -0.4 is 5.73 Å². The Kier molecular flexibility index (Phi) is 3.80. The van der Waals surface area contributed by atoms with Crippen LogP contribution in [0.2, 0.25) is 0 Å². The first-order valence-corrected chi connectivity index (χ1v) is 6.38. The summed E-state index contributed by atoms with van der Waals surface area (Å²) in [7, 11) is 0. The summed E-state index contributed by atoms with van der Waals surface area (Å²) in [6.07, 6.45) is 2.21. The molecule has 2 atom stereocenters. The number of hydrogen-bond donors (Lipinski definition) is 1. The van der Waals surface area contributed by atoms with Crippen LogP contribution in [0.15, 0.2) is 42.5 Å². The van der Waals surface area contributed by atoms with Gasteiger partial charge in [-0.3, -0.25) is 0 Å². The molecule has 0 bridgehead atoms. The number of fused-ring (bicyclic) bond motifs is 1. The molecule has 2 aromatic carbocycles. The zero-order valence-electron chi connectivity index (χ0n) is 10.7. The molecular formula is C16H21N. The molecule has 2 N–H and O–H groups in total. The van der Waals surface area contributed by atoms with E-state index in [9.17, 15) is 0 Å². The topological polar surface area (TPSA) is 26.0 Å². The van der Waals surface area contributed by atoms with Gasteiger partial charge in [0.1, 0.15) is 0 Å². The zero-order chi connectivity index (χ0) is 12.3. The monoisotopic (exact) mass is 227 g/mol. The maximum absolute atomic E-state index is 5.84. The number of hydrogen-bond acceptors (Lipinski definition) is 1. The van der Waals surface area contributed by atoms with Crippen molar-refractivity contribution in [1.29, 1.82) is 0 Å². The van der Waals surface area contributed by atoms with Crippen molar-refractivity contribution in [3.8, 4) is 0 Å². The van der Waals surface area contributed by atoms with Crippen LogP contribution in [0, 0.1) is 5.92 Å². The van der Waals surface area contributed by atoms with Gasteiger partial charge in [0.2, 0.25) is 0 Å².